The summed E-state index contributed by atoms with van der Waals surface area (Å²) in [6.07, 6.45) is 6.06. The van der Waals surface area contributed by atoms with Gasteiger partial charge in [-0.1, -0.05) is 19.3 Å². The number of carbonyl (C=O) groups excluding carboxylic acids is 3. The summed E-state index contributed by atoms with van der Waals surface area (Å²) in [7, 11) is -6.51. The molecule has 0 saturated carbocycles. The first-order valence-corrected chi connectivity index (χ1v) is 17.8. The van der Waals surface area contributed by atoms with Crippen LogP contribution in [-0.4, -0.2) is 91.9 Å². The standard InChI is InChI=1S/C25H48N2O11P2S/c1-25(2,3)38-40(34,35)37-19-20(18-28)11-6-7-13-26-22(29)12-10-14-27-23(30)17-21(24(27)31)41-16-9-5-4-8-15-36-39(32)33/h20-21,28,32-33H,4-19H2,1-3H3,(H,26,29)(H,34,35). The summed E-state index contributed by atoms with van der Waals surface area (Å²) in [6.45, 7) is 5.55. The molecule has 0 aromatic rings. The maximum Gasteiger partial charge on any atom is 0.472 e. The molecule has 3 atom stereocenters. The Morgan fingerprint density at radius 1 is 1.15 bits per heavy atom. The van der Waals surface area contributed by atoms with E-state index in [1.807, 2.05) is 0 Å². The van der Waals surface area contributed by atoms with Gasteiger partial charge in [-0.15, -0.1) is 11.8 Å². The van der Waals surface area contributed by atoms with Gasteiger partial charge in [0.15, 0.2) is 0 Å². The Balaban J connectivity index is 2.15. The van der Waals surface area contributed by atoms with Crippen LogP contribution in [0, 0.1) is 5.92 Å². The van der Waals surface area contributed by atoms with Crippen molar-refractivity contribution in [1.29, 1.82) is 0 Å². The molecule has 1 aliphatic rings. The SMILES string of the molecule is CC(C)(C)OP(=O)(O)OCC(CO)CCCCNC(=O)CCCN1C(=O)CC(SCCCCCCOP(O)O)C1=O. The molecule has 1 saturated heterocycles. The number of unbranched alkanes of at least 4 members (excludes halogenated alkanes) is 4. The predicted octanol–water partition coefficient (Wildman–Crippen LogP) is 3.24. The number of likely N-dealkylation sites (tertiary alicyclic amines) is 1. The second kappa shape index (κ2) is 20.3. The summed E-state index contributed by atoms with van der Waals surface area (Å²) in [5.41, 5.74) is -0.842. The third kappa shape index (κ3) is 18.6. The first-order valence-electron chi connectivity index (χ1n) is 14.1. The molecule has 16 heteroatoms. The minimum absolute atomic E-state index is 0.116. The Morgan fingerprint density at radius 3 is 2.51 bits per heavy atom. The number of amides is 3. The number of nitrogens with zero attached hydrogens (tertiary/aromatic N) is 1. The molecule has 0 aromatic heterocycles. The van der Waals surface area contributed by atoms with Crippen molar-refractivity contribution in [1.82, 2.24) is 10.2 Å². The normalized spacial score (nSPS) is 18.2. The third-order valence-electron chi connectivity index (χ3n) is 6.03. The number of imide groups is 1. The fourth-order valence-corrected chi connectivity index (χ4v) is 6.64. The highest BCUT2D eigenvalue weighted by molar-refractivity contribution is 8.00. The lowest BCUT2D eigenvalue weighted by Gasteiger charge is -2.24. The lowest BCUT2D eigenvalue weighted by Crippen LogP contribution is -2.33. The van der Waals surface area contributed by atoms with E-state index in [-0.39, 0.29) is 61.5 Å². The van der Waals surface area contributed by atoms with Gasteiger partial charge in [-0.2, -0.15) is 0 Å². The topological polar surface area (TPSA) is 192 Å². The van der Waals surface area contributed by atoms with Crippen molar-refractivity contribution in [3.63, 3.8) is 0 Å². The molecule has 3 unspecified atom stereocenters. The quantitative estimate of drug-likeness (QED) is 0.0619. The second-order valence-electron chi connectivity index (χ2n) is 10.9. The van der Waals surface area contributed by atoms with E-state index in [1.165, 1.54) is 16.7 Å². The maximum absolute atomic E-state index is 12.6. The van der Waals surface area contributed by atoms with E-state index >= 15 is 0 Å². The number of thioether (sulfide) groups is 1. The van der Waals surface area contributed by atoms with Gasteiger partial charge < -0.3 is 29.6 Å². The molecule has 0 bridgehead atoms. The average Bonchev–Trinajstić information content (AvgIpc) is 3.13. The zero-order valence-electron chi connectivity index (χ0n) is 24.4. The van der Waals surface area contributed by atoms with Crippen LogP contribution in [0.15, 0.2) is 0 Å². The van der Waals surface area contributed by atoms with E-state index in [2.05, 4.69) is 5.32 Å². The summed E-state index contributed by atoms with van der Waals surface area (Å²) < 4.78 is 26.7. The molecule has 1 rings (SSSR count). The number of nitrogens with one attached hydrogen (secondary N) is 1. The number of hydrogen-bond donors (Lipinski definition) is 5. The van der Waals surface area contributed by atoms with Crippen LogP contribution < -0.4 is 5.32 Å². The molecule has 1 heterocycles. The molecular formula is C25H48N2O11P2S. The number of rotatable bonds is 23. The first kappa shape index (κ1) is 38.4. The summed E-state index contributed by atoms with van der Waals surface area (Å²) >= 11 is 1.48. The van der Waals surface area contributed by atoms with E-state index in [0.717, 1.165) is 31.4 Å². The van der Waals surface area contributed by atoms with Gasteiger partial charge in [0.1, 0.15) is 0 Å². The van der Waals surface area contributed by atoms with Gasteiger partial charge in [0.05, 0.1) is 24.1 Å². The number of phosphoric acid groups is 1. The van der Waals surface area contributed by atoms with Crippen molar-refractivity contribution in [2.24, 2.45) is 5.92 Å². The zero-order chi connectivity index (χ0) is 30.9. The van der Waals surface area contributed by atoms with E-state index in [4.69, 9.17) is 23.4 Å². The van der Waals surface area contributed by atoms with Crippen LogP contribution in [0.25, 0.3) is 0 Å². The largest absolute Gasteiger partial charge is 0.472 e. The van der Waals surface area contributed by atoms with Gasteiger partial charge >= 0.3 is 16.4 Å². The molecule has 13 nitrogen and oxygen atoms in total. The molecule has 0 aromatic carbocycles. The molecule has 0 radical (unpaired) electrons. The van der Waals surface area contributed by atoms with Gasteiger partial charge in [0, 0.05) is 38.5 Å². The van der Waals surface area contributed by atoms with Crippen LogP contribution in [0.1, 0.15) is 85.0 Å². The van der Waals surface area contributed by atoms with Crippen LogP contribution in [0.4, 0.5) is 0 Å². The van der Waals surface area contributed by atoms with Crippen molar-refractivity contribution in [3.8, 4) is 0 Å². The molecule has 41 heavy (non-hydrogen) atoms. The number of aliphatic hydroxyl groups is 1. The van der Waals surface area contributed by atoms with E-state index in [9.17, 15) is 28.9 Å². The molecule has 1 aliphatic heterocycles. The van der Waals surface area contributed by atoms with Gasteiger partial charge in [-0.3, -0.25) is 28.3 Å². The first-order chi connectivity index (χ1) is 19.2. The van der Waals surface area contributed by atoms with Crippen molar-refractivity contribution in [2.45, 2.75) is 95.8 Å². The van der Waals surface area contributed by atoms with Crippen molar-refractivity contribution in [3.05, 3.63) is 0 Å². The molecule has 0 spiro atoms. The fraction of sp³-hybridized carbons (Fsp3) is 0.880. The minimum Gasteiger partial charge on any atom is -0.396 e. The summed E-state index contributed by atoms with van der Waals surface area (Å²) in [5.74, 6) is -0.149. The highest BCUT2D eigenvalue weighted by Crippen LogP contribution is 2.47. The van der Waals surface area contributed by atoms with E-state index in [1.54, 1.807) is 20.8 Å². The summed E-state index contributed by atoms with van der Waals surface area (Å²) in [4.78, 5) is 65.4. The van der Waals surface area contributed by atoms with Crippen LogP contribution in [0.5, 0.6) is 0 Å². The monoisotopic (exact) mass is 646 g/mol. The summed E-state index contributed by atoms with van der Waals surface area (Å²) in [5, 5.41) is 11.9. The van der Waals surface area contributed by atoms with Crippen LogP contribution in [-0.2, 0) is 32.5 Å². The predicted molar refractivity (Wildman–Crippen MR) is 157 cm³/mol. The van der Waals surface area contributed by atoms with Crippen LogP contribution in [0.2, 0.25) is 0 Å². The highest BCUT2D eigenvalue weighted by atomic mass is 32.2. The van der Waals surface area contributed by atoms with Gasteiger partial charge in [0.2, 0.25) is 17.7 Å². The number of aliphatic hydroxyl groups excluding tert-OH is 1. The Morgan fingerprint density at radius 2 is 1.85 bits per heavy atom. The van der Waals surface area contributed by atoms with Gasteiger partial charge in [-0.05, 0) is 58.6 Å². The van der Waals surface area contributed by atoms with Gasteiger partial charge in [-0.25, -0.2) is 4.57 Å². The van der Waals surface area contributed by atoms with Crippen molar-refractivity contribution >= 4 is 45.9 Å². The molecule has 3 amide bonds. The maximum atomic E-state index is 12.6. The van der Waals surface area contributed by atoms with Crippen molar-refractivity contribution < 1.29 is 52.3 Å². The number of hydrogen-bond acceptors (Lipinski definition) is 11. The Labute approximate surface area is 248 Å². The molecule has 240 valence electrons. The molecular weight excluding hydrogens is 598 g/mol. The van der Waals surface area contributed by atoms with Gasteiger partial charge in [0.25, 0.3) is 0 Å². The van der Waals surface area contributed by atoms with Crippen LogP contribution in [0.3, 0.4) is 0 Å². The Hall–Kier alpha value is -0.660. The lowest BCUT2D eigenvalue weighted by atomic mass is 10.0. The fourth-order valence-electron chi connectivity index (χ4n) is 4.02. The number of phosphoric ester groups is 1. The molecule has 1 fully saturated rings. The molecule has 5 N–H and O–H groups in total. The van der Waals surface area contributed by atoms with Crippen molar-refractivity contribution in [2.75, 3.05) is 38.7 Å². The lowest BCUT2D eigenvalue weighted by molar-refractivity contribution is -0.138. The number of carbonyl (C=O) groups is 3. The smallest absolute Gasteiger partial charge is 0.396 e. The average molecular weight is 647 g/mol. The summed E-state index contributed by atoms with van der Waals surface area (Å²) in [6, 6.07) is 0. The third-order valence-corrected chi connectivity index (χ3v) is 9.00. The van der Waals surface area contributed by atoms with E-state index in [0.29, 0.717) is 38.8 Å². The molecule has 0 aliphatic carbocycles. The Bertz CT molecular complexity index is 845. The minimum atomic E-state index is -4.21. The van der Waals surface area contributed by atoms with Crippen LogP contribution >= 0.6 is 28.2 Å². The zero-order valence-corrected chi connectivity index (χ0v) is 27.0. The second-order valence-corrected chi connectivity index (χ2v) is 14.4. The Kier molecular flexibility index (Phi) is 19.0. The van der Waals surface area contributed by atoms with E-state index < -0.39 is 22.0 Å². The highest BCUT2D eigenvalue weighted by Gasteiger charge is 2.38.